The highest BCUT2D eigenvalue weighted by molar-refractivity contribution is 4.76. The maximum Gasteiger partial charge on any atom is 0.0784 e. The van der Waals surface area contributed by atoms with E-state index < -0.39 is 0 Å². The Morgan fingerprint density at radius 3 is 2.12 bits per heavy atom. The standard InChI is InChI=1S/C7H13N/c1-2-7-3-6(1)4-8-5-7/h6-8H,1-5H2/p+1. The van der Waals surface area contributed by atoms with Crippen molar-refractivity contribution >= 4 is 0 Å². The largest absolute Gasteiger partial charge is 0.346 e. The molecule has 0 aromatic heterocycles. The summed E-state index contributed by atoms with van der Waals surface area (Å²) in [5, 5.41) is 2.49. The molecule has 0 aromatic carbocycles. The molecule has 0 spiro atoms. The van der Waals surface area contributed by atoms with E-state index in [4.69, 9.17) is 0 Å². The van der Waals surface area contributed by atoms with E-state index in [1.54, 1.807) is 6.42 Å². The SMILES string of the molecule is C1CC2C[NH2+]CC1C2. The number of hydrogen-bond acceptors (Lipinski definition) is 0. The Labute approximate surface area is 50.5 Å². The highest BCUT2D eigenvalue weighted by atomic mass is 14.9. The third-order valence-electron chi connectivity index (χ3n) is 2.65. The van der Waals surface area contributed by atoms with Gasteiger partial charge >= 0.3 is 0 Å². The van der Waals surface area contributed by atoms with Gasteiger partial charge < -0.3 is 5.32 Å². The predicted octanol–water partition coefficient (Wildman–Crippen LogP) is -0.0203. The van der Waals surface area contributed by atoms with Crippen molar-refractivity contribution in [3.8, 4) is 0 Å². The molecule has 2 rings (SSSR count). The van der Waals surface area contributed by atoms with Gasteiger partial charge in [-0.15, -0.1) is 0 Å². The molecule has 2 fully saturated rings. The number of rotatable bonds is 0. The van der Waals surface area contributed by atoms with Crippen molar-refractivity contribution in [2.45, 2.75) is 19.3 Å². The molecule has 2 atom stereocenters. The molecule has 0 radical (unpaired) electrons. The molecule has 1 heterocycles. The van der Waals surface area contributed by atoms with E-state index in [9.17, 15) is 0 Å². The Morgan fingerprint density at radius 1 is 1.00 bits per heavy atom. The lowest BCUT2D eigenvalue weighted by atomic mass is 10.0. The fourth-order valence-corrected chi connectivity index (χ4v) is 2.17. The van der Waals surface area contributed by atoms with Crippen molar-refractivity contribution in [1.29, 1.82) is 0 Å². The summed E-state index contributed by atoms with van der Waals surface area (Å²) >= 11 is 0. The zero-order valence-electron chi connectivity index (χ0n) is 5.27. The summed E-state index contributed by atoms with van der Waals surface area (Å²) in [4.78, 5) is 0. The van der Waals surface area contributed by atoms with Crippen LogP contribution in [-0.2, 0) is 0 Å². The lowest BCUT2D eigenvalue weighted by molar-refractivity contribution is -0.671. The minimum absolute atomic E-state index is 1.11. The zero-order valence-corrected chi connectivity index (χ0v) is 5.27. The molecule has 0 amide bonds. The molecule has 0 aromatic rings. The van der Waals surface area contributed by atoms with E-state index in [0.29, 0.717) is 0 Å². The molecule has 1 saturated carbocycles. The van der Waals surface area contributed by atoms with Crippen LogP contribution in [0.5, 0.6) is 0 Å². The topological polar surface area (TPSA) is 16.6 Å². The average molecular weight is 112 g/mol. The summed E-state index contributed by atoms with van der Waals surface area (Å²) in [6.07, 6.45) is 4.61. The molecule has 8 heavy (non-hydrogen) atoms. The van der Waals surface area contributed by atoms with E-state index in [-0.39, 0.29) is 0 Å². The van der Waals surface area contributed by atoms with Crippen molar-refractivity contribution in [2.24, 2.45) is 11.8 Å². The van der Waals surface area contributed by atoms with Gasteiger partial charge in [-0.25, -0.2) is 0 Å². The molecule has 1 saturated heterocycles. The average Bonchev–Trinajstić information content (AvgIpc) is 2.12. The normalized spacial score (nSPS) is 45.0. The van der Waals surface area contributed by atoms with Crippen LogP contribution in [0.2, 0.25) is 0 Å². The highest BCUT2D eigenvalue weighted by Gasteiger charge is 2.30. The van der Waals surface area contributed by atoms with Gasteiger partial charge in [-0.1, -0.05) is 0 Å². The summed E-state index contributed by atoms with van der Waals surface area (Å²) in [5.74, 6) is 2.21. The maximum absolute atomic E-state index is 2.49. The lowest BCUT2D eigenvalue weighted by Crippen LogP contribution is -2.87. The van der Waals surface area contributed by atoms with Crippen LogP contribution in [0.1, 0.15) is 19.3 Å². The third-order valence-corrected chi connectivity index (χ3v) is 2.65. The quantitative estimate of drug-likeness (QED) is 0.453. The molecular weight excluding hydrogens is 98.1 g/mol. The first-order chi connectivity index (χ1) is 3.95. The summed E-state index contributed by atoms with van der Waals surface area (Å²) in [6, 6.07) is 0. The molecule has 2 aliphatic rings. The Morgan fingerprint density at radius 2 is 1.62 bits per heavy atom. The van der Waals surface area contributed by atoms with Crippen molar-refractivity contribution in [1.82, 2.24) is 0 Å². The number of quaternary nitrogens is 1. The first-order valence-corrected chi connectivity index (χ1v) is 3.77. The van der Waals surface area contributed by atoms with Gasteiger partial charge in [0, 0.05) is 11.8 Å². The van der Waals surface area contributed by atoms with Crippen LogP contribution in [-0.4, -0.2) is 13.1 Å². The Balaban J connectivity index is 2.03. The Hall–Kier alpha value is -0.0400. The third kappa shape index (κ3) is 0.655. The van der Waals surface area contributed by atoms with Crippen molar-refractivity contribution in [2.75, 3.05) is 13.1 Å². The van der Waals surface area contributed by atoms with Crippen molar-refractivity contribution < 1.29 is 5.32 Å². The Bertz CT molecular complexity index is 76.4. The van der Waals surface area contributed by atoms with E-state index in [0.717, 1.165) is 11.8 Å². The molecule has 2 N–H and O–H groups in total. The van der Waals surface area contributed by atoms with Crippen LogP contribution < -0.4 is 5.32 Å². The molecule has 1 heteroatoms. The zero-order chi connectivity index (χ0) is 5.40. The highest BCUT2D eigenvalue weighted by Crippen LogP contribution is 2.30. The van der Waals surface area contributed by atoms with Crippen LogP contribution in [0.25, 0.3) is 0 Å². The fraction of sp³-hybridized carbons (Fsp3) is 1.00. The molecule has 2 bridgehead atoms. The molecule has 1 aliphatic heterocycles. The van der Waals surface area contributed by atoms with Gasteiger partial charge in [0.1, 0.15) is 0 Å². The Kier molecular flexibility index (Phi) is 1.04. The maximum atomic E-state index is 2.49. The second-order valence-corrected chi connectivity index (χ2v) is 3.31. The van der Waals surface area contributed by atoms with Crippen LogP contribution in [0, 0.1) is 11.8 Å². The van der Waals surface area contributed by atoms with Gasteiger partial charge in [-0.2, -0.15) is 0 Å². The van der Waals surface area contributed by atoms with Crippen LogP contribution in [0.15, 0.2) is 0 Å². The van der Waals surface area contributed by atoms with Gasteiger partial charge in [-0.05, 0) is 19.3 Å². The number of nitrogens with two attached hydrogens (primary N) is 1. The number of fused-ring (bicyclic) bond motifs is 2. The van der Waals surface area contributed by atoms with Crippen molar-refractivity contribution in [3.05, 3.63) is 0 Å². The summed E-state index contributed by atoms with van der Waals surface area (Å²) < 4.78 is 0. The van der Waals surface area contributed by atoms with Gasteiger partial charge in [0.25, 0.3) is 0 Å². The van der Waals surface area contributed by atoms with Gasteiger partial charge in [0.15, 0.2) is 0 Å². The van der Waals surface area contributed by atoms with Crippen LogP contribution >= 0.6 is 0 Å². The first-order valence-electron chi connectivity index (χ1n) is 3.77. The lowest BCUT2D eigenvalue weighted by Gasteiger charge is -2.15. The first kappa shape index (κ1) is 4.80. The minimum atomic E-state index is 1.11. The summed E-state index contributed by atoms with van der Waals surface area (Å²) in [5.41, 5.74) is 0. The monoisotopic (exact) mass is 112 g/mol. The van der Waals surface area contributed by atoms with Crippen LogP contribution in [0.3, 0.4) is 0 Å². The molecular formula is C7H14N+. The van der Waals surface area contributed by atoms with Gasteiger partial charge in [0.05, 0.1) is 13.1 Å². The van der Waals surface area contributed by atoms with Gasteiger partial charge in [0.2, 0.25) is 0 Å². The second kappa shape index (κ2) is 1.73. The molecule has 1 aliphatic carbocycles. The smallest absolute Gasteiger partial charge is 0.0784 e. The fourth-order valence-electron chi connectivity index (χ4n) is 2.17. The van der Waals surface area contributed by atoms with Gasteiger partial charge in [-0.3, -0.25) is 0 Å². The molecule has 1 nitrogen and oxygen atoms in total. The van der Waals surface area contributed by atoms with E-state index >= 15 is 0 Å². The predicted molar refractivity (Wildman–Crippen MR) is 32.5 cm³/mol. The van der Waals surface area contributed by atoms with E-state index in [1.807, 2.05) is 0 Å². The number of piperidine rings is 1. The summed E-state index contributed by atoms with van der Waals surface area (Å²) in [7, 11) is 0. The second-order valence-electron chi connectivity index (χ2n) is 3.31. The van der Waals surface area contributed by atoms with E-state index in [2.05, 4.69) is 5.32 Å². The molecule has 2 unspecified atom stereocenters. The summed E-state index contributed by atoms with van der Waals surface area (Å²) in [6.45, 7) is 2.85. The minimum Gasteiger partial charge on any atom is -0.346 e. The molecule has 46 valence electrons. The van der Waals surface area contributed by atoms with E-state index in [1.165, 1.54) is 25.9 Å². The number of hydrogen-bond donors (Lipinski definition) is 1. The van der Waals surface area contributed by atoms with Crippen molar-refractivity contribution in [3.63, 3.8) is 0 Å². The van der Waals surface area contributed by atoms with Crippen LogP contribution in [0.4, 0.5) is 0 Å².